The molecule has 5 heteroatoms. The Kier molecular flexibility index (Phi) is 3.08. The molecule has 0 spiro atoms. The van der Waals surface area contributed by atoms with Gasteiger partial charge in [-0.25, -0.2) is 4.39 Å². The van der Waals surface area contributed by atoms with Crippen LogP contribution in [0.2, 0.25) is 0 Å². The number of carbonyl (C=O) groups is 2. The average molecular weight is 236 g/mol. The highest BCUT2D eigenvalue weighted by Gasteiger charge is 2.31. The third kappa shape index (κ3) is 2.61. The Bertz CT molecular complexity index is 444. The molecule has 1 atom stereocenters. The molecule has 0 radical (unpaired) electrons. The normalized spacial score (nSPS) is 19.5. The molecule has 90 valence electrons. The van der Waals surface area contributed by atoms with Gasteiger partial charge >= 0.3 is 0 Å². The first-order valence-corrected chi connectivity index (χ1v) is 5.36. The Morgan fingerprint density at radius 2 is 2.06 bits per heavy atom. The molecule has 1 aliphatic rings. The van der Waals surface area contributed by atoms with Crippen LogP contribution in [0, 0.1) is 11.7 Å². The molecule has 4 nitrogen and oxygen atoms in total. The summed E-state index contributed by atoms with van der Waals surface area (Å²) in [7, 11) is 1.67. The van der Waals surface area contributed by atoms with Gasteiger partial charge in [-0.15, -0.1) is 0 Å². The molecular weight excluding hydrogens is 223 g/mol. The predicted molar refractivity (Wildman–Crippen MR) is 60.8 cm³/mol. The van der Waals surface area contributed by atoms with Crippen LogP contribution >= 0.6 is 0 Å². The molecule has 1 aromatic carbocycles. The molecule has 0 bridgehead atoms. The Hall–Kier alpha value is -1.91. The molecule has 1 N–H and O–H groups in total. The highest BCUT2D eigenvalue weighted by atomic mass is 19.1. The Morgan fingerprint density at radius 3 is 2.59 bits per heavy atom. The minimum absolute atomic E-state index is 0.0238. The summed E-state index contributed by atoms with van der Waals surface area (Å²) in [6.07, 6.45) is 0.240. The summed E-state index contributed by atoms with van der Waals surface area (Å²) in [5.41, 5.74) is 0.540. The number of rotatable bonds is 2. The van der Waals surface area contributed by atoms with Crippen molar-refractivity contribution in [3.8, 4) is 0 Å². The first-order valence-electron chi connectivity index (χ1n) is 5.36. The minimum atomic E-state index is -0.348. The van der Waals surface area contributed by atoms with Gasteiger partial charge in [0.1, 0.15) is 5.82 Å². The Balaban J connectivity index is 1.98. The topological polar surface area (TPSA) is 49.4 Å². The molecule has 1 fully saturated rings. The van der Waals surface area contributed by atoms with Crippen LogP contribution in [0.4, 0.5) is 10.1 Å². The molecule has 1 heterocycles. The third-order valence-electron chi connectivity index (χ3n) is 2.82. The van der Waals surface area contributed by atoms with Crippen molar-refractivity contribution in [3.63, 3.8) is 0 Å². The lowest BCUT2D eigenvalue weighted by atomic mass is 10.1. The smallest absolute Gasteiger partial charge is 0.229 e. The number of nitrogens with zero attached hydrogens (tertiary/aromatic N) is 1. The highest BCUT2D eigenvalue weighted by Crippen LogP contribution is 2.18. The van der Waals surface area contributed by atoms with Gasteiger partial charge in [-0.2, -0.15) is 0 Å². The molecule has 1 aromatic rings. The Labute approximate surface area is 98.4 Å². The van der Waals surface area contributed by atoms with Gasteiger partial charge in [0.15, 0.2) is 0 Å². The van der Waals surface area contributed by atoms with Gasteiger partial charge in [0.25, 0.3) is 0 Å². The van der Waals surface area contributed by atoms with Crippen LogP contribution in [0.25, 0.3) is 0 Å². The summed E-state index contributed by atoms with van der Waals surface area (Å²) in [6, 6.07) is 5.55. The van der Waals surface area contributed by atoms with E-state index >= 15 is 0 Å². The number of hydrogen-bond acceptors (Lipinski definition) is 2. The lowest BCUT2D eigenvalue weighted by molar-refractivity contribution is -0.127. The number of hydrogen-bond donors (Lipinski definition) is 1. The molecule has 2 rings (SSSR count). The van der Waals surface area contributed by atoms with Crippen LogP contribution in [-0.4, -0.2) is 30.3 Å². The molecule has 0 aliphatic carbocycles. The second-order valence-corrected chi connectivity index (χ2v) is 4.17. The van der Waals surface area contributed by atoms with Crippen molar-refractivity contribution < 1.29 is 14.0 Å². The zero-order valence-electron chi connectivity index (χ0n) is 9.44. The monoisotopic (exact) mass is 236 g/mol. The number of amides is 2. The van der Waals surface area contributed by atoms with Crippen LogP contribution in [0.15, 0.2) is 24.3 Å². The standard InChI is InChI=1S/C12H13FN2O2/c1-15-7-8(6-11(15)16)12(17)14-10-4-2-9(13)3-5-10/h2-5,8H,6-7H2,1H3,(H,14,17)/t8-/m1/s1. The van der Waals surface area contributed by atoms with Crippen LogP contribution in [0.3, 0.4) is 0 Å². The van der Waals surface area contributed by atoms with Crippen molar-refractivity contribution in [1.29, 1.82) is 0 Å². The summed E-state index contributed by atoms with van der Waals surface area (Å²) in [5.74, 6) is -0.894. The molecule has 2 amide bonds. The van der Waals surface area contributed by atoms with E-state index in [9.17, 15) is 14.0 Å². The quantitative estimate of drug-likeness (QED) is 0.840. The van der Waals surface area contributed by atoms with Crippen LogP contribution in [0.1, 0.15) is 6.42 Å². The van der Waals surface area contributed by atoms with Crippen molar-refractivity contribution in [1.82, 2.24) is 4.90 Å². The summed E-state index contributed by atoms with van der Waals surface area (Å²) >= 11 is 0. The van der Waals surface area contributed by atoms with Crippen molar-refractivity contribution in [2.24, 2.45) is 5.92 Å². The van der Waals surface area contributed by atoms with Gasteiger partial charge in [0, 0.05) is 25.7 Å². The zero-order valence-corrected chi connectivity index (χ0v) is 9.44. The van der Waals surface area contributed by atoms with E-state index in [2.05, 4.69) is 5.32 Å². The van der Waals surface area contributed by atoms with Crippen LogP contribution < -0.4 is 5.32 Å². The molecule has 17 heavy (non-hydrogen) atoms. The number of anilines is 1. The van der Waals surface area contributed by atoms with Crippen LogP contribution in [0.5, 0.6) is 0 Å². The summed E-state index contributed by atoms with van der Waals surface area (Å²) < 4.78 is 12.7. The number of benzene rings is 1. The SMILES string of the molecule is CN1C[C@H](C(=O)Nc2ccc(F)cc2)CC1=O. The fraction of sp³-hybridized carbons (Fsp3) is 0.333. The maximum Gasteiger partial charge on any atom is 0.229 e. The average Bonchev–Trinajstić information content (AvgIpc) is 2.63. The van der Waals surface area contributed by atoms with E-state index in [1.807, 2.05) is 0 Å². The lowest BCUT2D eigenvalue weighted by Crippen LogP contribution is -2.25. The van der Waals surface area contributed by atoms with Crippen LogP contribution in [-0.2, 0) is 9.59 Å². The van der Waals surface area contributed by atoms with Gasteiger partial charge < -0.3 is 10.2 Å². The minimum Gasteiger partial charge on any atom is -0.345 e. The molecule has 1 saturated heterocycles. The highest BCUT2D eigenvalue weighted by molar-refractivity contribution is 5.97. The van der Waals surface area contributed by atoms with E-state index in [1.165, 1.54) is 29.2 Å². The number of likely N-dealkylation sites (tertiary alicyclic amines) is 1. The maximum atomic E-state index is 12.7. The molecule has 0 saturated carbocycles. The summed E-state index contributed by atoms with van der Waals surface area (Å²) in [4.78, 5) is 24.6. The number of halogens is 1. The number of carbonyl (C=O) groups excluding carboxylic acids is 2. The van der Waals surface area contributed by atoms with Gasteiger partial charge in [0.2, 0.25) is 11.8 Å². The fourth-order valence-electron chi connectivity index (χ4n) is 1.82. The molecule has 1 aliphatic heterocycles. The Morgan fingerprint density at radius 1 is 1.41 bits per heavy atom. The van der Waals surface area contributed by atoms with E-state index in [4.69, 9.17) is 0 Å². The zero-order chi connectivity index (χ0) is 12.4. The van der Waals surface area contributed by atoms with E-state index in [0.717, 1.165) is 0 Å². The molecule has 0 aromatic heterocycles. The first kappa shape index (κ1) is 11.6. The largest absolute Gasteiger partial charge is 0.345 e. The van der Waals surface area contributed by atoms with E-state index in [-0.39, 0.29) is 30.0 Å². The fourth-order valence-corrected chi connectivity index (χ4v) is 1.82. The second-order valence-electron chi connectivity index (χ2n) is 4.17. The van der Waals surface area contributed by atoms with E-state index in [0.29, 0.717) is 12.2 Å². The number of nitrogens with one attached hydrogen (secondary N) is 1. The van der Waals surface area contributed by atoms with Crippen molar-refractivity contribution >= 4 is 17.5 Å². The van der Waals surface area contributed by atoms with Crippen molar-refractivity contribution in [2.45, 2.75) is 6.42 Å². The van der Waals surface area contributed by atoms with Crippen molar-refractivity contribution in [3.05, 3.63) is 30.1 Å². The second kappa shape index (κ2) is 4.53. The summed E-state index contributed by atoms with van der Waals surface area (Å²) in [6.45, 7) is 0.436. The van der Waals surface area contributed by atoms with E-state index in [1.54, 1.807) is 7.05 Å². The van der Waals surface area contributed by atoms with Gasteiger partial charge in [-0.1, -0.05) is 0 Å². The summed E-state index contributed by atoms with van der Waals surface area (Å²) in [5, 5.41) is 2.67. The van der Waals surface area contributed by atoms with Gasteiger partial charge in [0.05, 0.1) is 5.92 Å². The third-order valence-corrected chi connectivity index (χ3v) is 2.82. The predicted octanol–water partition coefficient (Wildman–Crippen LogP) is 1.24. The van der Waals surface area contributed by atoms with Gasteiger partial charge in [-0.05, 0) is 24.3 Å². The first-order chi connectivity index (χ1) is 8.06. The maximum absolute atomic E-state index is 12.7. The molecule has 0 unspecified atom stereocenters. The lowest BCUT2D eigenvalue weighted by Gasteiger charge is -2.10. The van der Waals surface area contributed by atoms with Gasteiger partial charge in [-0.3, -0.25) is 9.59 Å². The molecular formula is C12H13FN2O2. The van der Waals surface area contributed by atoms with E-state index < -0.39 is 0 Å². The van der Waals surface area contributed by atoms with Crippen molar-refractivity contribution in [2.75, 3.05) is 18.9 Å².